The van der Waals surface area contributed by atoms with Gasteiger partial charge in [-0.1, -0.05) is 56.3 Å². The average molecular weight is 495 g/mol. The number of carbonyl (C=O) groups excluding carboxylic acids is 2. The van der Waals surface area contributed by atoms with E-state index in [0.29, 0.717) is 33.6 Å². The van der Waals surface area contributed by atoms with Crippen LogP contribution in [0.5, 0.6) is 5.75 Å². The number of nitrogens with one attached hydrogen (secondary N) is 3. The lowest BCUT2D eigenvalue weighted by molar-refractivity contribution is -0.139. The molecule has 0 unspecified atom stereocenters. The molecule has 9 heteroatoms. The van der Waals surface area contributed by atoms with Crippen molar-refractivity contribution in [3.8, 4) is 5.75 Å². The van der Waals surface area contributed by atoms with E-state index >= 15 is 0 Å². The first-order chi connectivity index (χ1) is 16.8. The van der Waals surface area contributed by atoms with Crippen LogP contribution in [0, 0.1) is 0 Å². The molecule has 0 spiro atoms. The van der Waals surface area contributed by atoms with E-state index in [9.17, 15) is 9.59 Å². The minimum absolute atomic E-state index is 0.244. The molecule has 0 bridgehead atoms. The molecule has 2 aromatic carbocycles. The fourth-order valence-electron chi connectivity index (χ4n) is 3.58. The molecule has 1 aliphatic heterocycles. The Balaban J connectivity index is 1.68. The monoisotopic (exact) mass is 494 g/mol. The summed E-state index contributed by atoms with van der Waals surface area (Å²) in [5, 5.41) is 10.4. The Morgan fingerprint density at radius 3 is 2.57 bits per heavy atom. The Hall–Kier alpha value is -3.72. The zero-order valence-electron chi connectivity index (χ0n) is 20.3. The van der Waals surface area contributed by atoms with Crippen molar-refractivity contribution < 1.29 is 19.1 Å². The van der Waals surface area contributed by atoms with Gasteiger partial charge in [0.1, 0.15) is 5.75 Å². The molecule has 8 nitrogen and oxygen atoms in total. The number of carbonyl (C=O) groups is 2. The van der Waals surface area contributed by atoms with Gasteiger partial charge in [-0.3, -0.25) is 4.79 Å². The van der Waals surface area contributed by atoms with Gasteiger partial charge in [-0.25, -0.2) is 10.2 Å². The Bertz CT molecular complexity index is 1140. The van der Waals surface area contributed by atoms with Crippen molar-refractivity contribution in [2.24, 2.45) is 5.10 Å². The Kier molecular flexibility index (Phi) is 8.97. The van der Waals surface area contributed by atoms with Gasteiger partial charge in [-0.05, 0) is 49.2 Å². The number of allylic oxidation sites excluding steroid dienone is 1. The van der Waals surface area contributed by atoms with Gasteiger partial charge in [0.15, 0.2) is 11.7 Å². The van der Waals surface area contributed by atoms with Gasteiger partial charge in [-0.15, -0.1) is 0 Å². The summed E-state index contributed by atoms with van der Waals surface area (Å²) < 4.78 is 11.0. The molecule has 0 fully saturated rings. The number of esters is 1. The maximum Gasteiger partial charge on any atom is 0.338 e. The number of amides is 1. The fourth-order valence-corrected chi connectivity index (χ4v) is 3.85. The van der Waals surface area contributed by atoms with Crippen molar-refractivity contribution in [2.45, 2.75) is 39.7 Å². The van der Waals surface area contributed by atoms with Gasteiger partial charge in [0, 0.05) is 11.3 Å². The van der Waals surface area contributed by atoms with E-state index in [2.05, 4.69) is 35.0 Å². The number of benzene rings is 2. The predicted molar refractivity (Wildman–Crippen MR) is 139 cm³/mol. The van der Waals surface area contributed by atoms with Crippen molar-refractivity contribution in [1.82, 2.24) is 16.1 Å². The molecule has 1 atom stereocenters. The summed E-state index contributed by atoms with van der Waals surface area (Å²) in [4.78, 5) is 25.0. The lowest BCUT2D eigenvalue weighted by atomic mass is 9.95. The van der Waals surface area contributed by atoms with Crippen LogP contribution in [0.4, 0.5) is 0 Å². The number of hydrogen-bond acceptors (Lipinski definition) is 6. The quantitative estimate of drug-likeness (QED) is 0.212. The van der Waals surface area contributed by atoms with E-state index in [-0.39, 0.29) is 13.2 Å². The maximum atomic E-state index is 12.6. The molecule has 0 saturated heterocycles. The second-order valence-corrected chi connectivity index (χ2v) is 8.64. The van der Waals surface area contributed by atoms with Gasteiger partial charge < -0.3 is 20.1 Å². The standard InChI is InChI=1S/C26H30N4O4S/c1-5-33-25(32)23-17(4)28-26(35)29-24(23)20-8-6-7-9-21(20)34-15-22(31)30-27-14-18-10-12-19(13-11-18)16(2)3/h6-14,16,24H,5,15H2,1-4H3,(H,30,31)(H2,28,29,35)/t24-/m1/s1. The molecule has 1 amide bonds. The van der Waals surface area contributed by atoms with E-state index in [1.54, 1.807) is 32.2 Å². The highest BCUT2D eigenvalue weighted by Crippen LogP contribution is 2.33. The molecule has 0 radical (unpaired) electrons. The van der Waals surface area contributed by atoms with Crippen LogP contribution in [0.25, 0.3) is 0 Å². The Morgan fingerprint density at radius 1 is 1.17 bits per heavy atom. The second-order valence-electron chi connectivity index (χ2n) is 8.23. The van der Waals surface area contributed by atoms with Crippen LogP contribution in [0.15, 0.2) is 64.9 Å². The Morgan fingerprint density at radius 2 is 1.89 bits per heavy atom. The molecule has 0 saturated carbocycles. The minimum Gasteiger partial charge on any atom is -0.483 e. The summed E-state index contributed by atoms with van der Waals surface area (Å²) in [6.07, 6.45) is 1.58. The van der Waals surface area contributed by atoms with Gasteiger partial charge in [0.25, 0.3) is 5.91 Å². The molecular weight excluding hydrogens is 464 g/mol. The molecule has 184 valence electrons. The van der Waals surface area contributed by atoms with Gasteiger partial charge >= 0.3 is 5.97 Å². The fraction of sp³-hybridized carbons (Fsp3) is 0.308. The summed E-state index contributed by atoms with van der Waals surface area (Å²) in [5.41, 5.74) is 6.23. The van der Waals surface area contributed by atoms with Crippen LogP contribution in [0.2, 0.25) is 0 Å². The minimum atomic E-state index is -0.589. The zero-order chi connectivity index (χ0) is 25.4. The van der Waals surface area contributed by atoms with E-state index in [0.717, 1.165) is 5.56 Å². The zero-order valence-corrected chi connectivity index (χ0v) is 21.1. The number of thiocarbonyl (C=S) groups is 1. The molecule has 0 aliphatic carbocycles. The number of hydrazone groups is 1. The highest BCUT2D eigenvalue weighted by molar-refractivity contribution is 7.80. The predicted octanol–water partition coefficient (Wildman–Crippen LogP) is 3.70. The topological polar surface area (TPSA) is 101 Å². The summed E-state index contributed by atoms with van der Waals surface area (Å²) in [7, 11) is 0. The molecule has 1 aliphatic rings. The maximum absolute atomic E-state index is 12.6. The third-order valence-electron chi connectivity index (χ3n) is 5.36. The van der Waals surface area contributed by atoms with E-state index in [4.69, 9.17) is 21.7 Å². The largest absolute Gasteiger partial charge is 0.483 e. The molecule has 35 heavy (non-hydrogen) atoms. The molecule has 2 aromatic rings. The van der Waals surface area contributed by atoms with Crippen LogP contribution >= 0.6 is 12.2 Å². The summed E-state index contributed by atoms with van der Waals surface area (Å²) in [5.74, 6) is 0.0126. The molecule has 3 rings (SSSR count). The lowest BCUT2D eigenvalue weighted by Gasteiger charge is -2.30. The van der Waals surface area contributed by atoms with Gasteiger partial charge in [0.05, 0.1) is 24.4 Å². The van der Waals surface area contributed by atoms with Crippen LogP contribution in [0.3, 0.4) is 0 Å². The number of ether oxygens (including phenoxy) is 2. The summed E-state index contributed by atoms with van der Waals surface area (Å²) in [6, 6.07) is 14.5. The first-order valence-electron chi connectivity index (χ1n) is 11.4. The summed E-state index contributed by atoms with van der Waals surface area (Å²) in [6.45, 7) is 7.76. The smallest absolute Gasteiger partial charge is 0.338 e. The molecular formula is C26H30N4O4S. The molecule has 0 aromatic heterocycles. The highest BCUT2D eigenvalue weighted by Gasteiger charge is 2.32. The van der Waals surface area contributed by atoms with Gasteiger partial charge in [0.2, 0.25) is 0 Å². The van der Waals surface area contributed by atoms with Crippen LogP contribution < -0.4 is 20.8 Å². The third-order valence-corrected chi connectivity index (χ3v) is 5.58. The first kappa shape index (κ1) is 25.9. The average Bonchev–Trinajstić information content (AvgIpc) is 2.83. The van der Waals surface area contributed by atoms with Crippen molar-refractivity contribution in [3.05, 3.63) is 76.5 Å². The first-order valence-corrected chi connectivity index (χ1v) is 11.8. The molecule has 3 N–H and O–H groups in total. The van der Waals surface area contributed by atoms with E-state index < -0.39 is 17.9 Å². The lowest BCUT2D eigenvalue weighted by Crippen LogP contribution is -2.45. The Labute approximate surface area is 210 Å². The van der Waals surface area contributed by atoms with Crippen molar-refractivity contribution in [2.75, 3.05) is 13.2 Å². The highest BCUT2D eigenvalue weighted by atomic mass is 32.1. The number of para-hydroxylation sites is 1. The van der Waals surface area contributed by atoms with Gasteiger partial charge in [-0.2, -0.15) is 5.10 Å². The number of hydrogen-bond donors (Lipinski definition) is 3. The number of nitrogens with zero attached hydrogens (tertiary/aromatic N) is 1. The van der Waals surface area contributed by atoms with Crippen LogP contribution in [-0.4, -0.2) is 36.4 Å². The number of rotatable bonds is 9. The van der Waals surface area contributed by atoms with Crippen molar-refractivity contribution in [1.29, 1.82) is 0 Å². The SMILES string of the molecule is CCOC(=O)C1=C(C)NC(=S)N[C@@H]1c1ccccc1OCC(=O)NN=Cc1ccc(C(C)C)cc1. The van der Waals surface area contributed by atoms with Crippen LogP contribution in [0.1, 0.15) is 56.3 Å². The normalized spacial score (nSPS) is 15.6. The van der Waals surface area contributed by atoms with Crippen molar-refractivity contribution >= 4 is 35.4 Å². The van der Waals surface area contributed by atoms with E-state index in [1.165, 1.54) is 5.56 Å². The van der Waals surface area contributed by atoms with E-state index in [1.807, 2.05) is 36.4 Å². The third kappa shape index (κ3) is 6.89. The summed E-state index contributed by atoms with van der Waals surface area (Å²) >= 11 is 5.29. The second kappa shape index (κ2) is 12.1. The van der Waals surface area contributed by atoms with Crippen molar-refractivity contribution in [3.63, 3.8) is 0 Å². The molecule has 1 heterocycles. The van der Waals surface area contributed by atoms with Crippen LogP contribution in [-0.2, 0) is 14.3 Å².